The summed E-state index contributed by atoms with van der Waals surface area (Å²) in [4.78, 5) is 18.6. The summed E-state index contributed by atoms with van der Waals surface area (Å²) in [5, 5.41) is 10.6. The van der Waals surface area contributed by atoms with E-state index in [1.165, 1.54) is 0 Å². The normalized spacial score (nSPS) is 11.0. The lowest BCUT2D eigenvalue weighted by Gasteiger charge is -2.02. The van der Waals surface area contributed by atoms with Crippen LogP contribution in [0.15, 0.2) is 78.3 Å². The summed E-state index contributed by atoms with van der Waals surface area (Å²) in [5.74, 6) is -0.158. The summed E-state index contributed by atoms with van der Waals surface area (Å²) < 4.78 is 2.87. The molecule has 0 aliphatic rings. The largest absolute Gasteiger partial charge is 0.345 e. The van der Waals surface area contributed by atoms with E-state index in [0.29, 0.717) is 17.8 Å². The third kappa shape index (κ3) is 3.57. The smallest absolute Gasteiger partial charge is 0.255 e. The number of thiazole rings is 1. The van der Waals surface area contributed by atoms with E-state index in [1.807, 2.05) is 72.1 Å². The van der Waals surface area contributed by atoms with Gasteiger partial charge in [0, 0.05) is 6.20 Å². The molecule has 29 heavy (non-hydrogen) atoms. The van der Waals surface area contributed by atoms with Gasteiger partial charge in [-0.2, -0.15) is 5.10 Å². The van der Waals surface area contributed by atoms with E-state index in [9.17, 15) is 4.79 Å². The summed E-state index contributed by atoms with van der Waals surface area (Å²) in [6, 6.07) is 21.7. The predicted octanol–water partition coefficient (Wildman–Crippen LogP) is 5.14. The van der Waals surface area contributed by atoms with Crippen LogP contribution in [0.5, 0.6) is 0 Å². The quantitative estimate of drug-likeness (QED) is 0.431. The predicted molar refractivity (Wildman–Crippen MR) is 118 cm³/mol. The number of carbonyl (C=O) groups is 1. The zero-order valence-electron chi connectivity index (χ0n) is 15.3. The molecule has 0 unspecified atom stereocenters. The zero-order valence-corrected chi connectivity index (χ0v) is 16.9. The van der Waals surface area contributed by atoms with E-state index in [4.69, 9.17) is 0 Å². The monoisotopic (exact) mass is 416 g/mol. The summed E-state index contributed by atoms with van der Waals surface area (Å²) in [6.45, 7) is 0.387. The molecule has 0 spiro atoms. The van der Waals surface area contributed by atoms with Gasteiger partial charge in [-0.25, -0.2) is 9.67 Å². The minimum Gasteiger partial charge on any atom is -0.345 e. The van der Waals surface area contributed by atoms with E-state index < -0.39 is 0 Å². The average Bonchev–Trinajstić information content (AvgIpc) is 3.51. The summed E-state index contributed by atoms with van der Waals surface area (Å²) in [6.07, 6.45) is 1.79. The minimum atomic E-state index is -0.158. The van der Waals surface area contributed by atoms with Crippen LogP contribution in [0.4, 0.5) is 0 Å². The Labute approximate surface area is 175 Å². The Hall–Kier alpha value is -3.29. The van der Waals surface area contributed by atoms with E-state index in [1.54, 1.807) is 33.6 Å². The zero-order chi connectivity index (χ0) is 19.6. The number of benzene rings is 2. The van der Waals surface area contributed by atoms with Crippen LogP contribution < -0.4 is 5.32 Å². The maximum Gasteiger partial charge on any atom is 0.255 e. The molecule has 0 aliphatic carbocycles. The molecule has 1 amide bonds. The molecule has 0 saturated heterocycles. The number of fused-ring (bicyclic) bond motifs is 1. The Bertz CT molecular complexity index is 1240. The van der Waals surface area contributed by atoms with Crippen LogP contribution in [0.3, 0.4) is 0 Å². The standard InChI is InChI=1S/C22H16N4OS2/c27-22(23-13-20-24-17-9-4-5-10-18(17)29-20)16-14-26(15-7-2-1-3-8-15)25-21(16)19-11-6-12-28-19/h1-12,14H,13H2,(H,23,27). The van der Waals surface area contributed by atoms with Crippen LogP contribution in [0, 0.1) is 0 Å². The first kappa shape index (κ1) is 17.8. The number of thiophene rings is 1. The van der Waals surface area contributed by atoms with Gasteiger partial charge in [0.15, 0.2) is 0 Å². The Morgan fingerprint density at radius 2 is 1.83 bits per heavy atom. The van der Waals surface area contributed by atoms with Crippen molar-refractivity contribution in [1.29, 1.82) is 0 Å². The highest BCUT2D eigenvalue weighted by atomic mass is 32.1. The summed E-state index contributed by atoms with van der Waals surface area (Å²) in [7, 11) is 0. The molecule has 3 aromatic heterocycles. The Morgan fingerprint density at radius 1 is 1.00 bits per heavy atom. The number of hydrogen-bond donors (Lipinski definition) is 1. The third-order valence-electron chi connectivity index (χ3n) is 4.47. The highest BCUT2D eigenvalue weighted by Gasteiger charge is 2.19. The molecule has 142 valence electrons. The summed E-state index contributed by atoms with van der Waals surface area (Å²) >= 11 is 3.16. The molecule has 7 heteroatoms. The molecule has 1 N–H and O–H groups in total. The Kier molecular flexibility index (Phi) is 4.67. The third-order valence-corrected chi connectivity index (χ3v) is 6.39. The van der Waals surface area contributed by atoms with Crippen molar-refractivity contribution in [2.45, 2.75) is 6.54 Å². The highest BCUT2D eigenvalue weighted by molar-refractivity contribution is 7.18. The Morgan fingerprint density at radius 3 is 2.62 bits per heavy atom. The fourth-order valence-electron chi connectivity index (χ4n) is 3.10. The average molecular weight is 417 g/mol. The van der Waals surface area contributed by atoms with Gasteiger partial charge in [-0.3, -0.25) is 4.79 Å². The number of carbonyl (C=O) groups excluding carboxylic acids is 1. The van der Waals surface area contributed by atoms with Gasteiger partial charge in [0.05, 0.1) is 32.9 Å². The van der Waals surface area contributed by atoms with Crippen LogP contribution in [0.1, 0.15) is 15.4 Å². The SMILES string of the molecule is O=C(NCc1nc2ccccc2s1)c1cn(-c2ccccc2)nc1-c1cccs1. The number of aromatic nitrogens is 3. The number of para-hydroxylation sites is 2. The van der Waals surface area contributed by atoms with Crippen LogP contribution in [-0.2, 0) is 6.54 Å². The molecule has 0 radical (unpaired) electrons. The van der Waals surface area contributed by atoms with Crippen molar-refractivity contribution in [1.82, 2.24) is 20.1 Å². The fraction of sp³-hybridized carbons (Fsp3) is 0.0455. The molecule has 5 nitrogen and oxygen atoms in total. The van der Waals surface area contributed by atoms with Gasteiger partial charge >= 0.3 is 0 Å². The van der Waals surface area contributed by atoms with Gasteiger partial charge in [0.1, 0.15) is 10.7 Å². The first-order valence-corrected chi connectivity index (χ1v) is 10.8. The number of rotatable bonds is 5. The van der Waals surface area contributed by atoms with Crippen LogP contribution >= 0.6 is 22.7 Å². The van der Waals surface area contributed by atoms with Gasteiger partial charge in [0.2, 0.25) is 0 Å². The molecule has 0 fully saturated rings. The van der Waals surface area contributed by atoms with Gasteiger partial charge in [-0.05, 0) is 35.7 Å². The molecule has 0 bridgehead atoms. The molecular formula is C22H16N4OS2. The van der Waals surface area contributed by atoms with Gasteiger partial charge in [-0.15, -0.1) is 22.7 Å². The van der Waals surface area contributed by atoms with E-state index in [-0.39, 0.29) is 5.91 Å². The van der Waals surface area contributed by atoms with E-state index >= 15 is 0 Å². The van der Waals surface area contributed by atoms with Crippen molar-refractivity contribution in [3.8, 4) is 16.3 Å². The van der Waals surface area contributed by atoms with E-state index in [0.717, 1.165) is 25.8 Å². The molecule has 5 aromatic rings. The molecule has 0 atom stereocenters. The second kappa shape index (κ2) is 7.62. The number of nitrogens with zero attached hydrogens (tertiary/aromatic N) is 3. The van der Waals surface area contributed by atoms with Crippen molar-refractivity contribution in [2.24, 2.45) is 0 Å². The molecule has 0 saturated carbocycles. The topological polar surface area (TPSA) is 59.8 Å². The van der Waals surface area contributed by atoms with Gasteiger partial charge in [0.25, 0.3) is 5.91 Å². The minimum absolute atomic E-state index is 0.158. The van der Waals surface area contributed by atoms with Gasteiger partial charge < -0.3 is 5.32 Å². The lowest BCUT2D eigenvalue weighted by atomic mass is 10.2. The first-order chi connectivity index (χ1) is 14.3. The van der Waals surface area contributed by atoms with Crippen molar-refractivity contribution < 1.29 is 4.79 Å². The molecule has 5 rings (SSSR count). The van der Waals surface area contributed by atoms with E-state index in [2.05, 4.69) is 15.4 Å². The van der Waals surface area contributed by atoms with Crippen LogP contribution in [-0.4, -0.2) is 20.7 Å². The van der Waals surface area contributed by atoms with Gasteiger partial charge in [-0.1, -0.05) is 36.4 Å². The summed E-state index contributed by atoms with van der Waals surface area (Å²) in [5.41, 5.74) is 3.11. The fourth-order valence-corrected chi connectivity index (χ4v) is 4.73. The number of hydrogen-bond acceptors (Lipinski definition) is 5. The maximum absolute atomic E-state index is 13.0. The van der Waals surface area contributed by atoms with Crippen molar-refractivity contribution in [3.05, 3.63) is 88.9 Å². The second-order valence-corrected chi connectivity index (χ2v) is 8.47. The van der Waals surface area contributed by atoms with Crippen molar-refractivity contribution >= 4 is 38.8 Å². The lowest BCUT2D eigenvalue weighted by molar-refractivity contribution is 0.0951. The Balaban J connectivity index is 1.44. The second-order valence-electron chi connectivity index (χ2n) is 6.41. The first-order valence-electron chi connectivity index (χ1n) is 9.09. The molecule has 0 aliphatic heterocycles. The van der Waals surface area contributed by atoms with Crippen LogP contribution in [0.2, 0.25) is 0 Å². The van der Waals surface area contributed by atoms with Crippen LogP contribution in [0.25, 0.3) is 26.5 Å². The molecular weight excluding hydrogens is 400 g/mol. The highest BCUT2D eigenvalue weighted by Crippen LogP contribution is 2.28. The molecule has 2 aromatic carbocycles. The van der Waals surface area contributed by atoms with Crippen molar-refractivity contribution in [2.75, 3.05) is 0 Å². The molecule has 3 heterocycles. The van der Waals surface area contributed by atoms with Crippen molar-refractivity contribution in [3.63, 3.8) is 0 Å². The number of nitrogens with one attached hydrogen (secondary N) is 1. The lowest BCUT2D eigenvalue weighted by Crippen LogP contribution is -2.22. The number of amides is 1. The maximum atomic E-state index is 13.0.